The van der Waals surface area contributed by atoms with Crippen LogP contribution in [0.4, 0.5) is 5.69 Å². The molecular weight excluding hydrogens is 312 g/mol. The molecule has 1 aromatic carbocycles. The number of benzene rings is 1. The van der Waals surface area contributed by atoms with Crippen molar-refractivity contribution >= 4 is 17.5 Å². The van der Waals surface area contributed by atoms with Gasteiger partial charge in [-0.05, 0) is 24.6 Å². The highest BCUT2D eigenvalue weighted by Crippen LogP contribution is 2.27. The number of rotatable bonds is 3. The number of carbonyl (C=O) groups is 2. The van der Waals surface area contributed by atoms with Gasteiger partial charge in [0.25, 0.3) is 5.91 Å². The second-order valence-corrected chi connectivity index (χ2v) is 6.44. The van der Waals surface area contributed by atoms with Crippen molar-refractivity contribution in [3.05, 3.63) is 29.8 Å². The third-order valence-corrected chi connectivity index (χ3v) is 4.84. The number of ether oxygens (including phenoxy) is 2. The van der Waals surface area contributed by atoms with E-state index in [0.29, 0.717) is 25.1 Å². The normalized spacial score (nSPS) is 32.2. The number of hydrogen-bond acceptors (Lipinski definition) is 5. The van der Waals surface area contributed by atoms with Gasteiger partial charge in [-0.25, -0.2) is 0 Å². The van der Waals surface area contributed by atoms with E-state index in [2.05, 4.69) is 5.32 Å². The zero-order valence-corrected chi connectivity index (χ0v) is 13.2. The zero-order chi connectivity index (χ0) is 16.7. The highest BCUT2D eigenvalue weighted by Gasteiger charge is 2.47. The number of nitrogens with one attached hydrogen (secondary N) is 1. The zero-order valence-electron chi connectivity index (χ0n) is 13.2. The van der Waals surface area contributed by atoms with Gasteiger partial charge in [-0.2, -0.15) is 0 Å². The van der Waals surface area contributed by atoms with Crippen molar-refractivity contribution in [2.24, 2.45) is 0 Å². The number of anilines is 1. The van der Waals surface area contributed by atoms with Gasteiger partial charge >= 0.3 is 0 Å². The number of amides is 2. The van der Waals surface area contributed by atoms with Crippen LogP contribution in [0.2, 0.25) is 0 Å². The van der Waals surface area contributed by atoms with Gasteiger partial charge in [0.05, 0.1) is 19.3 Å². The maximum Gasteiger partial charge on any atom is 0.251 e. The highest BCUT2D eigenvalue weighted by atomic mass is 16.6. The molecule has 3 saturated heterocycles. The van der Waals surface area contributed by atoms with Gasteiger partial charge in [0.1, 0.15) is 18.3 Å². The molecule has 1 aromatic rings. The van der Waals surface area contributed by atoms with Gasteiger partial charge in [-0.1, -0.05) is 6.07 Å². The lowest BCUT2D eigenvalue weighted by Gasteiger charge is -2.19. The van der Waals surface area contributed by atoms with Crippen molar-refractivity contribution in [3.63, 3.8) is 0 Å². The van der Waals surface area contributed by atoms with Crippen LogP contribution in [0.5, 0.6) is 0 Å². The molecule has 0 aliphatic carbocycles. The smallest absolute Gasteiger partial charge is 0.251 e. The van der Waals surface area contributed by atoms with E-state index in [0.717, 1.165) is 12.1 Å². The fourth-order valence-electron chi connectivity index (χ4n) is 3.59. The Balaban J connectivity index is 1.46. The fraction of sp³-hybridized carbons (Fsp3) is 0.529. The molecule has 0 spiro atoms. The van der Waals surface area contributed by atoms with Crippen molar-refractivity contribution in [1.82, 2.24) is 5.32 Å². The molecule has 0 unspecified atom stereocenters. The average molecular weight is 332 g/mol. The predicted octanol–water partition coefficient (Wildman–Crippen LogP) is 0.0703. The summed E-state index contributed by atoms with van der Waals surface area (Å²) in [5.41, 5.74) is 1.24. The first-order chi connectivity index (χ1) is 11.6. The number of nitrogens with zero attached hydrogens (tertiary/aromatic N) is 1. The van der Waals surface area contributed by atoms with Gasteiger partial charge in [0.2, 0.25) is 5.91 Å². The Labute approximate surface area is 139 Å². The summed E-state index contributed by atoms with van der Waals surface area (Å²) in [4.78, 5) is 26.1. The minimum Gasteiger partial charge on any atom is -0.388 e. The van der Waals surface area contributed by atoms with Crippen LogP contribution in [-0.2, 0) is 14.3 Å². The maximum absolute atomic E-state index is 12.5. The van der Waals surface area contributed by atoms with E-state index in [1.54, 1.807) is 23.1 Å². The van der Waals surface area contributed by atoms with Gasteiger partial charge in [-0.15, -0.1) is 0 Å². The fourth-order valence-corrected chi connectivity index (χ4v) is 3.59. The van der Waals surface area contributed by atoms with Gasteiger partial charge in [-0.3, -0.25) is 9.59 Å². The van der Waals surface area contributed by atoms with E-state index in [1.807, 2.05) is 6.07 Å². The molecular formula is C17H20N2O5. The number of hydrogen-bond donors (Lipinski definition) is 2. The van der Waals surface area contributed by atoms with Crippen LogP contribution < -0.4 is 10.2 Å². The lowest BCUT2D eigenvalue weighted by Crippen LogP contribution is -2.44. The summed E-state index contributed by atoms with van der Waals surface area (Å²) < 4.78 is 11.0. The lowest BCUT2D eigenvalue weighted by atomic mass is 10.1. The molecule has 24 heavy (non-hydrogen) atoms. The summed E-state index contributed by atoms with van der Waals surface area (Å²) in [7, 11) is 0. The summed E-state index contributed by atoms with van der Waals surface area (Å²) in [6.45, 7) is 1.24. The Morgan fingerprint density at radius 3 is 2.88 bits per heavy atom. The molecule has 0 bridgehead atoms. The van der Waals surface area contributed by atoms with Crippen molar-refractivity contribution in [3.8, 4) is 0 Å². The Bertz CT molecular complexity index is 664. The van der Waals surface area contributed by atoms with Crippen LogP contribution in [-0.4, -0.2) is 61.0 Å². The molecule has 0 aromatic heterocycles. The second kappa shape index (κ2) is 6.16. The van der Waals surface area contributed by atoms with E-state index in [4.69, 9.17) is 9.47 Å². The molecule has 4 rings (SSSR count). The molecule has 2 amide bonds. The molecule has 3 aliphatic heterocycles. The summed E-state index contributed by atoms with van der Waals surface area (Å²) in [5, 5.41) is 12.7. The number of fused-ring (bicyclic) bond motifs is 1. The predicted molar refractivity (Wildman–Crippen MR) is 84.8 cm³/mol. The number of aliphatic hydroxyl groups is 1. The van der Waals surface area contributed by atoms with Crippen LogP contribution in [0.1, 0.15) is 23.2 Å². The van der Waals surface area contributed by atoms with E-state index in [-0.39, 0.29) is 36.7 Å². The van der Waals surface area contributed by atoms with Crippen LogP contribution in [0, 0.1) is 0 Å². The summed E-state index contributed by atoms with van der Waals surface area (Å²) >= 11 is 0. The summed E-state index contributed by atoms with van der Waals surface area (Å²) in [5.74, 6) is -0.143. The molecule has 7 nitrogen and oxygen atoms in total. The second-order valence-electron chi connectivity index (χ2n) is 6.44. The first-order valence-corrected chi connectivity index (χ1v) is 8.26. The largest absolute Gasteiger partial charge is 0.388 e. The van der Waals surface area contributed by atoms with Gasteiger partial charge < -0.3 is 24.8 Å². The van der Waals surface area contributed by atoms with Crippen LogP contribution in [0.15, 0.2) is 24.3 Å². The lowest BCUT2D eigenvalue weighted by molar-refractivity contribution is -0.117. The SMILES string of the molecule is O=C(N[C@@H]1CO[C@H]2[C@@H]1OC[C@H]2O)c1cccc(N2CCCC2=O)c1. The Hall–Kier alpha value is -1.96. The molecule has 0 saturated carbocycles. The van der Waals surface area contributed by atoms with Crippen molar-refractivity contribution in [1.29, 1.82) is 0 Å². The standard InChI is InChI=1S/C17H20N2O5/c20-13-9-24-15-12(8-23-16(13)15)18-17(22)10-3-1-4-11(7-10)19-6-2-5-14(19)21/h1,3-4,7,12-13,15-16,20H,2,5-6,8-9H2,(H,18,22)/t12-,13-,15-,16-/m1/s1. The van der Waals surface area contributed by atoms with E-state index >= 15 is 0 Å². The summed E-state index contributed by atoms with van der Waals surface area (Å²) in [6.07, 6.45) is 0.0771. The number of aliphatic hydroxyl groups excluding tert-OH is 1. The van der Waals surface area contributed by atoms with E-state index in [9.17, 15) is 14.7 Å². The third kappa shape index (κ3) is 2.68. The molecule has 4 atom stereocenters. The minimum absolute atomic E-state index is 0.0907. The molecule has 128 valence electrons. The first-order valence-electron chi connectivity index (χ1n) is 8.26. The van der Waals surface area contributed by atoms with Crippen molar-refractivity contribution < 1.29 is 24.2 Å². The summed E-state index contributed by atoms with van der Waals surface area (Å²) in [6, 6.07) is 6.79. The van der Waals surface area contributed by atoms with Gasteiger partial charge in [0, 0.05) is 24.2 Å². The van der Waals surface area contributed by atoms with E-state index in [1.165, 1.54) is 0 Å². The minimum atomic E-state index is -0.638. The quantitative estimate of drug-likeness (QED) is 0.818. The maximum atomic E-state index is 12.5. The Kier molecular flexibility index (Phi) is 3.99. The third-order valence-electron chi connectivity index (χ3n) is 4.84. The van der Waals surface area contributed by atoms with Crippen LogP contribution in [0.3, 0.4) is 0 Å². The molecule has 7 heteroatoms. The highest BCUT2D eigenvalue weighted by molar-refractivity contribution is 5.99. The van der Waals surface area contributed by atoms with E-state index < -0.39 is 6.10 Å². The Morgan fingerprint density at radius 2 is 2.08 bits per heavy atom. The Morgan fingerprint density at radius 1 is 1.25 bits per heavy atom. The monoisotopic (exact) mass is 332 g/mol. The van der Waals surface area contributed by atoms with Crippen molar-refractivity contribution in [2.75, 3.05) is 24.7 Å². The van der Waals surface area contributed by atoms with Crippen molar-refractivity contribution in [2.45, 2.75) is 37.2 Å². The average Bonchev–Trinajstić information content (AvgIpc) is 3.27. The molecule has 0 radical (unpaired) electrons. The molecule has 3 aliphatic rings. The van der Waals surface area contributed by atoms with Crippen LogP contribution >= 0.6 is 0 Å². The first kappa shape index (κ1) is 15.6. The molecule has 3 heterocycles. The topological polar surface area (TPSA) is 88.1 Å². The number of carbonyl (C=O) groups excluding carboxylic acids is 2. The van der Waals surface area contributed by atoms with Gasteiger partial charge in [0.15, 0.2) is 0 Å². The molecule has 2 N–H and O–H groups in total. The van der Waals surface area contributed by atoms with Crippen LogP contribution in [0.25, 0.3) is 0 Å². The molecule has 3 fully saturated rings.